The number of methoxy groups -OCH3 is 1. The molecule has 1 aromatic carbocycles. The number of anilines is 1. The van der Waals surface area contributed by atoms with Gasteiger partial charge in [-0.25, -0.2) is 0 Å². The number of aryl methyl sites for hydroxylation is 1. The molecule has 2 aliphatic heterocycles. The Morgan fingerprint density at radius 3 is 2.42 bits per heavy atom. The first kappa shape index (κ1) is 17.6. The molecule has 0 aliphatic carbocycles. The quantitative estimate of drug-likeness (QED) is 0.798. The van der Waals surface area contributed by atoms with Crippen molar-refractivity contribution in [2.24, 2.45) is 0 Å². The highest BCUT2D eigenvalue weighted by molar-refractivity contribution is 5.54. The predicted molar refractivity (Wildman–Crippen MR) is 101 cm³/mol. The van der Waals surface area contributed by atoms with Gasteiger partial charge in [0.15, 0.2) is 0 Å². The van der Waals surface area contributed by atoms with Gasteiger partial charge in [0.25, 0.3) is 0 Å². The maximum Gasteiger partial charge on any atom is 0.124 e. The van der Waals surface area contributed by atoms with Crippen molar-refractivity contribution in [3.8, 4) is 5.75 Å². The maximum absolute atomic E-state index is 5.69. The minimum atomic E-state index is 1.07. The minimum absolute atomic E-state index is 1.07. The van der Waals surface area contributed by atoms with Gasteiger partial charge in [-0.2, -0.15) is 0 Å². The van der Waals surface area contributed by atoms with Crippen LogP contribution in [0.2, 0.25) is 0 Å². The Labute approximate surface area is 147 Å². The second kappa shape index (κ2) is 8.72. The summed E-state index contributed by atoms with van der Waals surface area (Å²) in [5, 5.41) is 0. The van der Waals surface area contributed by atoms with E-state index in [1.807, 2.05) is 0 Å². The second-order valence-corrected chi connectivity index (χ2v) is 7.29. The Kier molecular flexibility index (Phi) is 6.38. The summed E-state index contributed by atoms with van der Waals surface area (Å²) < 4.78 is 5.69. The van der Waals surface area contributed by atoms with E-state index in [4.69, 9.17) is 4.74 Å². The van der Waals surface area contributed by atoms with Gasteiger partial charge in [0.2, 0.25) is 0 Å². The summed E-state index contributed by atoms with van der Waals surface area (Å²) in [4.78, 5) is 7.51. The van der Waals surface area contributed by atoms with E-state index in [1.165, 1.54) is 82.7 Å². The molecule has 1 aromatic rings. The molecule has 4 heteroatoms. The zero-order valence-corrected chi connectivity index (χ0v) is 15.5. The zero-order chi connectivity index (χ0) is 16.8. The van der Waals surface area contributed by atoms with Gasteiger partial charge in [0.05, 0.1) is 7.11 Å². The number of likely N-dealkylation sites (N-methyl/N-ethyl adjacent to an activating group) is 1. The fraction of sp³-hybridized carbons (Fsp3) is 0.700. The van der Waals surface area contributed by atoms with Crippen molar-refractivity contribution in [1.82, 2.24) is 9.80 Å². The first-order chi connectivity index (χ1) is 11.8. The molecule has 4 nitrogen and oxygen atoms in total. The predicted octanol–water partition coefficient (Wildman–Crippen LogP) is 2.87. The van der Waals surface area contributed by atoms with Crippen LogP contribution >= 0.6 is 0 Å². The summed E-state index contributed by atoms with van der Waals surface area (Å²) in [5.41, 5.74) is 2.68. The van der Waals surface area contributed by atoms with Gasteiger partial charge in [-0.3, -0.25) is 0 Å². The van der Waals surface area contributed by atoms with Gasteiger partial charge in [0, 0.05) is 51.0 Å². The third-order valence-corrected chi connectivity index (χ3v) is 5.51. The van der Waals surface area contributed by atoms with E-state index in [0.29, 0.717) is 0 Å². The standard InChI is InChI=1S/C20H33N3O/c1-21-13-15-22(16-14-21)10-6-7-18-8-9-19(17-20(18)24-2)23-11-4-3-5-12-23/h8-9,17H,3-7,10-16H2,1-2H3. The summed E-state index contributed by atoms with van der Waals surface area (Å²) in [6.45, 7) is 8.40. The highest BCUT2D eigenvalue weighted by Gasteiger charge is 2.15. The van der Waals surface area contributed by atoms with Gasteiger partial charge in [-0.15, -0.1) is 0 Å². The smallest absolute Gasteiger partial charge is 0.124 e. The minimum Gasteiger partial charge on any atom is -0.496 e. The van der Waals surface area contributed by atoms with Crippen LogP contribution in [0.5, 0.6) is 5.75 Å². The summed E-state index contributed by atoms with van der Waals surface area (Å²) in [5.74, 6) is 1.07. The van der Waals surface area contributed by atoms with E-state index in [2.05, 4.69) is 39.9 Å². The fourth-order valence-corrected chi connectivity index (χ4v) is 3.85. The van der Waals surface area contributed by atoms with Crippen LogP contribution in [-0.2, 0) is 6.42 Å². The lowest BCUT2D eigenvalue weighted by molar-refractivity contribution is 0.153. The van der Waals surface area contributed by atoms with Crippen molar-refractivity contribution >= 4 is 5.69 Å². The average molecular weight is 332 g/mol. The topological polar surface area (TPSA) is 19.0 Å². The number of piperazine rings is 1. The van der Waals surface area contributed by atoms with Gasteiger partial charge in [0.1, 0.15) is 5.75 Å². The molecule has 2 fully saturated rings. The maximum atomic E-state index is 5.69. The largest absolute Gasteiger partial charge is 0.496 e. The molecule has 0 atom stereocenters. The van der Waals surface area contributed by atoms with Crippen molar-refractivity contribution in [2.45, 2.75) is 32.1 Å². The first-order valence-electron chi connectivity index (χ1n) is 9.59. The van der Waals surface area contributed by atoms with Crippen LogP contribution in [0.4, 0.5) is 5.69 Å². The molecule has 0 spiro atoms. The molecule has 24 heavy (non-hydrogen) atoms. The first-order valence-corrected chi connectivity index (χ1v) is 9.59. The number of benzene rings is 1. The SMILES string of the molecule is COc1cc(N2CCCCC2)ccc1CCCN1CCN(C)CC1. The number of piperidine rings is 1. The lowest BCUT2D eigenvalue weighted by Crippen LogP contribution is -2.44. The second-order valence-electron chi connectivity index (χ2n) is 7.29. The Morgan fingerprint density at radius 1 is 0.958 bits per heavy atom. The van der Waals surface area contributed by atoms with Crippen LogP contribution in [0.25, 0.3) is 0 Å². The van der Waals surface area contributed by atoms with Crippen LogP contribution in [0.15, 0.2) is 18.2 Å². The van der Waals surface area contributed by atoms with Gasteiger partial charge < -0.3 is 19.4 Å². The number of hydrogen-bond acceptors (Lipinski definition) is 4. The highest BCUT2D eigenvalue weighted by atomic mass is 16.5. The zero-order valence-electron chi connectivity index (χ0n) is 15.5. The molecule has 134 valence electrons. The van der Waals surface area contributed by atoms with Crippen LogP contribution in [-0.4, -0.2) is 69.8 Å². The van der Waals surface area contributed by atoms with Crippen molar-refractivity contribution in [1.29, 1.82) is 0 Å². The highest BCUT2D eigenvalue weighted by Crippen LogP contribution is 2.28. The van der Waals surface area contributed by atoms with Crippen molar-refractivity contribution in [2.75, 3.05) is 64.9 Å². The molecule has 2 saturated heterocycles. The van der Waals surface area contributed by atoms with Crippen LogP contribution in [0.3, 0.4) is 0 Å². The third-order valence-electron chi connectivity index (χ3n) is 5.51. The van der Waals surface area contributed by atoms with Crippen LogP contribution in [0.1, 0.15) is 31.2 Å². The average Bonchev–Trinajstić information content (AvgIpc) is 2.64. The molecule has 0 radical (unpaired) electrons. The number of rotatable bonds is 6. The normalized spacial score (nSPS) is 20.3. The van der Waals surface area contributed by atoms with Gasteiger partial charge in [-0.05, 0) is 57.3 Å². The lowest BCUT2D eigenvalue weighted by atomic mass is 10.1. The Morgan fingerprint density at radius 2 is 1.71 bits per heavy atom. The van der Waals surface area contributed by atoms with E-state index in [0.717, 1.165) is 12.2 Å². The molecule has 3 rings (SSSR count). The van der Waals surface area contributed by atoms with E-state index in [1.54, 1.807) is 7.11 Å². The summed E-state index contributed by atoms with van der Waals surface area (Å²) in [6.07, 6.45) is 6.32. The molecule has 0 N–H and O–H groups in total. The Bertz CT molecular complexity index is 506. The Balaban J connectivity index is 1.53. The molecule has 0 saturated carbocycles. The molecule has 2 aliphatic rings. The summed E-state index contributed by atoms with van der Waals surface area (Å²) in [7, 11) is 4.02. The number of nitrogens with zero attached hydrogens (tertiary/aromatic N) is 3. The molecule has 0 aromatic heterocycles. The molecule has 2 heterocycles. The van der Waals surface area contributed by atoms with Crippen molar-refractivity contribution < 1.29 is 4.74 Å². The third kappa shape index (κ3) is 4.64. The molecular weight excluding hydrogens is 298 g/mol. The molecule has 0 amide bonds. The lowest BCUT2D eigenvalue weighted by Gasteiger charge is -2.32. The van der Waals surface area contributed by atoms with Gasteiger partial charge in [-0.1, -0.05) is 6.07 Å². The van der Waals surface area contributed by atoms with Crippen molar-refractivity contribution in [3.05, 3.63) is 23.8 Å². The van der Waals surface area contributed by atoms with E-state index in [-0.39, 0.29) is 0 Å². The molecule has 0 bridgehead atoms. The monoisotopic (exact) mass is 331 g/mol. The number of hydrogen-bond donors (Lipinski definition) is 0. The van der Waals surface area contributed by atoms with Gasteiger partial charge >= 0.3 is 0 Å². The van der Waals surface area contributed by atoms with E-state index < -0.39 is 0 Å². The van der Waals surface area contributed by atoms with Crippen molar-refractivity contribution in [3.63, 3.8) is 0 Å². The van der Waals surface area contributed by atoms with Crippen LogP contribution in [0, 0.1) is 0 Å². The Hall–Kier alpha value is -1.26. The summed E-state index contributed by atoms with van der Waals surface area (Å²) >= 11 is 0. The fourth-order valence-electron chi connectivity index (χ4n) is 3.85. The molecular formula is C20H33N3O. The molecule has 0 unspecified atom stereocenters. The van der Waals surface area contributed by atoms with E-state index in [9.17, 15) is 0 Å². The number of ether oxygens (including phenoxy) is 1. The van der Waals surface area contributed by atoms with Crippen LogP contribution < -0.4 is 9.64 Å². The van der Waals surface area contributed by atoms with E-state index >= 15 is 0 Å². The summed E-state index contributed by atoms with van der Waals surface area (Å²) in [6, 6.07) is 6.82.